The third kappa shape index (κ3) is 4.46. The average Bonchev–Trinajstić information content (AvgIpc) is 2.69. The zero-order valence-electron chi connectivity index (χ0n) is 15.0. The van der Waals surface area contributed by atoms with Gasteiger partial charge in [0, 0.05) is 12.6 Å². The van der Waals surface area contributed by atoms with Gasteiger partial charge in [0.25, 0.3) is 0 Å². The van der Waals surface area contributed by atoms with E-state index in [1.54, 1.807) is 5.57 Å². The molecule has 0 aromatic heterocycles. The van der Waals surface area contributed by atoms with Crippen LogP contribution in [0.25, 0.3) is 0 Å². The first-order chi connectivity index (χ1) is 10.5. The Hall–Kier alpha value is -1.08. The molecule has 1 heterocycles. The lowest BCUT2D eigenvalue weighted by Gasteiger charge is -2.34. The van der Waals surface area contributed by atoms with E-state index in [1.807, 2.05) is 0 Å². The van der Waals surface area contributed by atoms with Crippen LogP contribution in [0.3, 0.4) is 0 Å². The van der Waals surface area contributed by atoms with E-state index >= 15 is 0 Å². The Kier molecular flexibility index (Phi) is 6.26. The second-order valence-electron chi connectivity index (χ2n) is 7.37. The van der Waals surface area contributed by atoms with Crippen LogP contribution in [-0.4, -0.2) is 24.5 Å². The van der Waals surface area contributed by atoms with Crippen LogP contribution < -0.4 is 0 Å². The third-order valence-corrected chi connectivity index (χ3v) is 5.47. The van der Waals surface area contributed by atoms with Gasteiger partial charge in [-0.05, 0) is 50.5 Å². The molecule has 0 fully saturated rings. The summed E-state index contributed by atoms with van der Waals surface area (Å²) in [6.45, 7) is 10.3. The van der Waals surface area contributed by atoms with Crippen LogP contribution in [0.2, 0.25) is 0 Å². The highest BCUT2D eigenvalue weighted by atomic mass is 15.1. The van der Waals surface area contributed by atoms with E-state index in [-0.39, 0.29) is 0 Å². The Morgan fingerprint density at radius 1 is 1.05 bits per heavy atom. The van der Waals surface area contributed by atoms with Crippen LogP contribution >= 0.6 is 0 Å². The summed E-state index contributed by atoms with van der Waals surface area (Å²) in [5, 5.41) is 0. The molecule has 0 aromatic rings. The van der Waals surface area contributed by atoms with Crippen molar-refractivity contribution in [3.8, 4) is 0 Å². The van der Waals surface area contributed by atoms with Crippen molar-refractivity contribution in [1.82, 2.24) is 4.90 Å². The molecular formula is C21H33N. The lowest BCUT2D eigenvalue weighted by Crippen LogP contribution is -2.36. The average molecular weight is 300 g/mol. The van der Waals surface area contributed by atoms with Crippen LogP contribution in [0.15, 0.2) is 48.1 Å². The molecule has 1 aliphatic carbocycles. The van der Waals surface area contributed by atoms with E-state index in [4.69, 9.17) is 0 Å². The molecule has 5 atom stereocenters. The number of hydrogen-bond donors (Lipinski definition) is 0. The maximum atomic E-state index is 2.59. The summed E-state index contributed by atoms with van der Waals surface area (Å²) in [5.41, 5.74) is 1.56. The molecule has 1 aliphatic heterocycles. The van der Waals surface area contributed by atoms with Gasteiger partial charge in [0.15, 0.2) is 0 Å². The maximum absolute atomic E-state index is 2.59. The zero-order valence-corrected chi connectivity index (χ0v) is 15.0. The highest BCUT2D eigenvalue weighted by Gasteiger charge is 2.26. The number of hydrogen-bond acceptors (Lipinski definition) is 1. The summed E-state index contributed by atoms with van der Waals surface area (Å²) in [6.07, 6.45) is 19.0. The van der Waals surface area contributed by atoms with Crippen molar-refractivity contribution in [2.75, 3.05) is 13.6 Å². The Bertz CT molecular complexity index is 468. The van der Waals surface area contributed by atoms with Crippen molar-refractivity contribution in [3.63, 3.8) is 0 Å². The topological polar surface area (TPSA) is 3.24 Å². The number of rotatable bonds is 1. The Labute approximate surface area is 137 Å². The van der Waals surface area contributed by atoms with Crippen LogP contribution in [0.5, 0.6) is 0 Å². The number of nitrogens with zero attached hydrogens (tertiary/aromatic N) is 1. The molecule has 2 aliphatic rings. The van der Waals surface area contributed by atoms with Gasteiger partial charge in [-0.25, -0.2) is 0 Å². The molecule has 2 unspecified atom stereocenters. The van der Waals surface area contributed by atoms with E-state index in [0.29, 0.717) is 29.7 Å². The molecule has 22 heavy (non-hydrogen) atoms. The fraction of sp³-hybridized carbons (Fsp3) is 0.619. The quantitative estimate of drug-likeness (QED) is 0.599. The Morgan fingerprint density at radius 2 is 1.77 bits per heavy atom. The van der Waals surface area contributed by atoms with Gasteiger partial charge in [-0.15, -0.1) is 0 Å². The van der Waals surface area contributed by atoms with Crippen LogP contribution in [0, 0.1) is 23.7 Å². The first-order valence-corrected chi connectivity index (χ1v) is 8.89. The van der Waals surface area contributed by atoms with E-state index in [1.165, 1.54) is 12.8 Å². The molecule has 122 valence electrons. The molecular weight excluding hydrogens is 266 g/mol. The minimum absolute atomic E-state index is 0.593. The summed E-state index contributed by atoms with van der Waals surface area (Å²) in [5.74, 6) is 2.48. The van der Waals surface area contributed by atoms with Crippen molar-refractivity contribution >= 4 is 0 Å². The monoisotopic (exact) mass is 299 g/mol. The van der Waals surface area contributed by atoms with E-state index in [0.717, 1.165) is 6.54 Å². The predicted octanol–water partition coefficient (Wildman–Crippen LogP) is 5.23. The third-order valence-electron chi connectivity index (χ3n) is 5.47. The van der Waals surface area contributed by atoms with Crippen LogP contribution in [-0.2, 0) is 0 Å². The second-order valence-corrected chi connectivity index (χ2v) is 7.37. The lowest BCUT2D eigenvalue weighted by atomic mass is 9.84. The van der Waals surface area contributed by atoms with Crippen LogP contribution in [0.1, 0.15) is 40.5 Å². The normalized spacial score (nSPS) is 40.8. The van der Waals surface area contributed by atoms with Gasteiger partial charge < -0.3 is 0 Å². The molecule has 0 radical (unpaired) electrons. The first kappa shape index (κ1) is 17.3. The molecule has 0 amide bonds. The van der Waals surface area contributed by atoms with Gasteiger partial charge in [-0.2, -0.15) is 0 Å². The van der Waals surface area contributed by atoms with Crippen LogP contribution in [0.4, 0.5) is 0 Å². The molecule has 0 aromatic carbocycles. The fourth-order valence-corrected chi connectivity index (χ4v) is 3.64. The van der Waals surface area contributed by atoms with Gasteiger partial charge >= 0.3 is 0 Å². The SMILES string of the molecule is C/C=C\C=C1\CN(C)[C@@H]2CC(C=C[C@H](C)C2)/C=C\C(C)[C@@H]1C. The van der Waals surface area contributed by atoms with E-state index in [2.05, 4.69) is 82.2 Å². The minimum atomic E-state index is 0.593. The van der Waals surface area contributed by atoms with Crippen molar-refractivity contribution in [2.24, 2.45) is 23.7 Å². The second kappa shape index (κ2) is 7.97. The van der Waals surface area contributed by atoms with Gasteiger partial charge in [0.2, 0.25) is 0 Å². The lowest BCUT2D eigenvalue weighted by molar-refractivity contribution is 0.210. The van der Waals surface area contributed by atoms with Gasteiger partial charge in [-0.1, -0.05) is 68.9 Å². The number of allylic oxidation sites excluding steroid dienone is 7. The largest absolute Gasteiger partial charge is 0.299 e. The van der Waals surface area contributed by atoms with Crippen molar-refractivity contribution in [2.45, 2.75) is 46.6 Å². The highest BCUT2D eigenvalue weighted by Crippen LogP contribution is 2.31. The molecule has 0 N–H and O–H groups in total. The summed E-state index contributed by atoms with van der Waals surface area (Å²) in [7, 11) is 2.31. The van der Waals surface area contributed by atoms with Crippen molar-refractivity contribution in [1.29, 1.82) is 0 Å². The molecule has 0 spiro atoms. The molecule has 1 nitrogen and oxygen atoms in total. The van der Waals surface area contributed by atoms with Gasteiger partial charge in [0.1, 0.15) is 0 Å². The van der Waals surface area contributed by atoms with Gasteiger partial charge in [-0.3, -0.25) is 4.90 Å². The first-order valence-electron chi connectivity index (χ1n) is 8.89. The standard InChI is InChI=1S/C21H33N/c1-6-7-8-20-15-22(5)21-13-16(2)9-11-19(14-21)12-10-17(3)18(20)4/h6-12,16-19,21H,13-15H2,1-5H3/b7-6-,12-10-,20-8-/t16-,17?,18-,19?,21-/m0/s1. The highest BCUT2D eigenvalue weighted by molar-refractivity contribution is 5.20. The summed E-state index contributed by atoms with van der Waals surface area (Å²) >= 11 is 0. The summed E-state index contributed by atoms with van der Waals surface area (Å²) in [4.78, 5) is 2.59. The molecule has 2 rings (SSSR count). The zero-order chi connectivity index (χ0) is 16.1. The summed E-state index contributed by atoms with van der Waals surface area (Å²) < 4.78 is 0. The Morgan fingerprint density at radius 3 is 2.50 bits per heavy atom. The predicted molar refractivity (Wildman–Crippen MR) is 97.8 cm³/mol. The molecule has 1 heteroatoms. The van der Waals surface area contributed by atoms with E-state index < -0.39 is 0 Å². The minimum Gasteiger partial charge on any atom is -0.299 e. The number of fused-ring (bicyclic) bond motifs is 2. The molecule has 2 bridgehead atoms. The summed E-state index contributed by atoms with van der Waals surface area (Å²) in [6, 6.07) is 0.675. The van der Waals surface area contributed by atoms with Gasteiger partial charge in [0.05, 0.1) is 0 Å². The Balaban J connectivity index is 2.32. The smallest absolute Gasteiger partial charge is 0.0198 e. The fourth-order valence-electron chi connectivity index (χ4n) is 3.64. The van der Waals surface area contributed by atoms with Crippen molar-refractivity contribution in [3.05, 3.63) is 48.1 Å². The molecule has 0 saturated carbocycles. The maximum Gasteiger partial charge on any atom is 0.0198 e. The number of likely N-dealkylation sites (N-methyl/N-ethyl adjacent to an activating group) is 1. The van der Waals surface area contributed by atoms with E-state index in [9.17, 15) is 0 Å². The molecule has 0 saturated heterocycles. The van der Waals surface area contributed by atoms with Crippen molar-refractivity contribution < 1.29 is 0 Å².